The molecule has 0 rings (SSSR count). The first-order chi connectivity index (χ1) is 9.57. The third-order valence-corrected chi connectivity index (χ3v) is 2.56. The lowest BCUT2D eigenvalue weighted by molar-refractivity contribution is 0.0678. The van der Waals surface area contributed by atoms with E-state index >= 15 is 0 Å². The summed E-state index contributed by atoms with van der Waals surface area (Å²) >= 11 is 0. The molecule has 110 valence electrons. The number of unbranched alkanes of at least 4 members (excludes halogenated alkanes) is 4. The van der Waals surface area contributed by atoms with E-state index < -0.39 is 18.3 Å². The van der Waals surface area contributed by atoms with Gasteiger partial charge in [0.2, 0.25) is 0 Å². The lowest BCUT2D eigenvalue weighted by Gasteiger charge is -2.03. The maximum absolute atomic E-state index is 9.51. The van der Waals surface area contributed by atoms with Crippen LogP contribution in [-0.4, -0.2) is 33.6 Å². The van der Waals surface area contributed by atoms with E-state index in [4.69, 9.17) is 5.11 Å². The van der Waals surface area contributed by atoms with Crippen molar-refractivity contribution in [2.24, 2.45) is 0 Å². The van der Waals surface area contributed by atoms with Gasteiger partial charge in [-0.05, 0) is 50.5 Å². The molecule has 0 amide bonds. The molecule has 0 aliphatic heterocycles. The minimum Gasteiger partial charge on any atom is -0.390 e. The Morgan fingerprint density at radius 2 is 1.65 bits per heavy atom. The van der Waals surface area contributed by atoms with E-state index in [1.807, 2.05) is 12.2 Å². The van der Waals surface area contributed by atoms with Crippen molar-refractivity contribution in [3.63, 3.8) is 0 Å². The highest BCUT2D eigenvalue weighted by molar-refractivity contribution is 5.30. The van der Waals surface area contributed by atoms with Crippen LogP contribution in [0.5, 0.6) is 0 Å². The standard InChI is InChI=1S/C17H24O3/c1-3-4-5-6-7-8-9-12-16(19)13-10-11-14-17(20)15(2)18/h3,9,12,15-20H,1,4-8H2,2H3/b12-9-/t15-,16?,17+/m1/s1. The molecular weight excluding hydrogens is 252 g/mol. The molecule has 0 aliphatic rings. The summed E-state index contributed by atoms with van der Waals surface area (Å²) in [5, 5.41) is 27.7. The highest BCUT2D eigenvalue weighted by Gasteiger charge is 2.04. The molecule has 3 N–H and O–H groups in total. The predicted octanol–water partition coefficient (Wildman–Crippen LogP) is 1.79. The van der Waals surface area contributed by atoms with Crippen molar-refractivity contribution < 1.29 is 15.3 Å². The first-order valence-corrected chi connectivity index (χ1v) is 6.90. The molecule has 20 heavy (non-hydrogen) atoms. The van der Waals surface area contributed by atoms with Gasteiger partial charge in [0.25, 0.3) is 0 Å². The second-order valence-electron chi connectivity index (χ2n) is 4.52. The van der Waals surface area contributed by atoms with Gasteiger partial charge in [0.05, 0.1) is 6.10 Å². The molecular formula is C17H24O3. The van der Waals surface area contributed by atoms with Gasteiger partial charge in [-0.15, -0.1) is 6.58 Å². The highest BCUT2D eigenvalue weighted by atomic mass is 16.3. The smallest absolute Gasteiger partial charge is 0.141 e. The average molecular weight is 276 g/mol. The van der Waals surface area contributed by atoms with Crippen LogP contribution in [-0.2, 0) is 0 Å². The second-order valence-corrected chi connectivity index (χ2v) is 4.52. The van der Waals surface area contributed by atoms with Crippen LogP contribution in [0.15, 0.2) is 24.8 Å². The molecule has 3 heteroatoms. The Hall–Kier alpha value is -1.52. The summed E-state index contributed by atoms with van der Waals surface area (Å²) in [4.78, 5) is 0. The number of rotatable bonds is 8. The maximum Gasteiger partial charge on any atom is 0.141 e. The Morgan fingerprint density at radius 3 is 2.30 bits per heavy atom. The van der Waals surface area contributed by atoms with E-state index in [0.29, 0.717) is 0 Å². The summed E-state index contributed by atoms with van der Waals surface area (Å²) in [6, 6.07) is 0. The fraction of sp³-hybridized carbons (Fsp3) is 0.529. The van der Waals surface area contributed by atoms with Crippen LogP contribution >= 0.6 is 0 Å². The largest absolute Gasteiger partial charge is 0.390 e. The van der Waals surface area contributed by atoms with Crippen molar-refractivity contribution in [1.82, 2.24) is 0 Å². The number of hydrogen-bond donors (Lipinski definition) is 3. The van der Waals surface area contributed by atoms with Crippen molar-refractivity contribution >= 4 is 0 Å². The molecule has 0 aromatic rings. The van der Waals surface area contributed by atoms with E-state index in [1.54, 1.807) is 6.08 Å². The fourth-order valence-electron chi connectivity index (χ4n) is 1.34. The normalized spacial score (nSPS) is 14.6. The predicted molar refractivity (Wildman–Crippen MR) is 81.7 cm³/mol. The summed E-state index contributed by atoms with van der Waals surface area (Å²) in [5.74, 6) is 9.74. The van der Waals surface area contributed by atoms with Gasteiger partial charge in [-0.1, -0.05) is 30.4 Å². The van der Waals surface area contributed by atoms with Crippen LogP contribution in [0, 0.1) is 23.7 Å². The quantitative estimate of drug-likeness (QED) is 0.360. The Bertz CT molecular complexity index is 401. The third-order valence-electron chi connectivity index (χ3n) is 2.56. The first kappa shape index (κ1) is 18.5. The summed E-state index contributed by atoms with van der Waals surface area (Å²) in [5.41, 5.74) is 0. The number of hydrogen-bond acceptors (Lipinski definition) is 3. The highest BCUT2D eigenvalue weighted by Crippen LogP contribution is 2.04. The minimum atomic E-state index is -1.10. The van der Waals surface area contributed by atoms with E-state index in [9.17, 15) is 10.2 Å². The van der Waals surface area contributed by atoms with Crippen molar-refractivity contribution in [2.45, 2.75) is 57.3 Å². The van der Waals surface area contributed by atoms with Crippen molar-refractivity contribution in [3.05, 3.63) is 24.8 Å². The molecule has 0 aromatic carbocycles. The monoisotopic (exact) mass is 276 g/mol. The molecule has 1 unspecified atom stereocenters. The van der Waals surface area contributed by atoms with Crippen LogP contribution < -0.4 is 0 Å². The molecule has 0 heterocycles. The Morgan fingerprint density at radius 1 is 1.00 bits per heavy atom. The van der Waals surface area contributed by atoms with Crippen LogP contribution in [0.1, 0.15) is 39.0 Å². The Labute approximate surface area is 122 Å². The van der Waals surface area contributed by atoms with Gasteiger partial charge in [-0.2, -0.15) is 0 Å². The molecule has 0 radical (unpaired) electrons. The van der Waals surface area contributed by atoms with Crippen LogP contribution in [0.25, 0.3) is 0 Å². The number of aliphatic hydroxyl groups is 3. The van der Waals surface area contributed by atoms with Gasteiger partial charge in [0.1, 0.15) is 12.2 Å². The number of allylic oxidation sites excluding steroid dienone is 2. The molecule has 3 atom stereocenters. The zero-order valence-corrected chi connectivity index (χ0v) is 12.0. The molecule has 0 aliphatic carbocycles. The maximum atomic E-state index is 9.51. The van der Waals surface area contributed by atoms with Gasteiger partial charge in [0, 0.05) is 0 Å². The van der Waals surface area contributed by atoms with Crippen LogP contribution in [0.2, 0.25) is 0 Å². The van der Waals surface area contributed by atoms with E-state index in [0.717, 1.165) is 32.1 Å². The van der Waals surface area contributed by atoms with Crippen molar-refractivity contribution in [3.8, 4) is 23.7 Å². The zero-order valence-electron chi connectivity index (χ0n) is 12.0. The second kappa shape index (κ2) is 12.5. The van der Waals surface area contributed by atoms with E-state index in [1.165, 1.54) is 6.92 Å². The van der Waals surface area contributed by atoms with Gasteiger partial charge in [-0.25, -0.2) is 0 Å². The van der Waals surface area contributed by atoms with Crippen LogP contribution in [0.4, 0.5) is 0 Å². The molecule has 0 fully saturated rings. The van der Waals surface area contributed by atoms with Gasteiger partial charge in [-0.3, -0.25) is 0 Å². The zero-order chi connectivity index (χ0) is 15.2. The SMILES string of the molecule is C=CCCCCC/C=C\C(O)C#CC#C[C@H](O)[C@@H](C)O. The van der Waals surface area contributed by atoms with Crippen molar-refractivity contribution in [1.29, 1.82) is 0 Å². The Kier molecular flexibility index (Phi) is 11.6. The molecule has 0 saturated carbocycles. The molecule has 0 bridgehead atoms. The minimum absolute atomic E-state index is 0.846. The molecule has 0 spiro atoms. The summed E-state index contributed by atoms with van der Waals surface area (Å²) < 4.78 is 0. The third kappa shape index (κ3) is 11.6. The first-order valence-electron chi connectivity index (χ1n) is 6.90. The topological polar surface area (TPSA) is 60.7 Å². The molecule has 0 aromatic heterocycles. The van der Waals surface area contributed by atoms with Gasteiger partial charge < -0.3 is 15.3 Å². The average Bonchev–Trinajstić information content (AvgIpc) is 2.42. The lowest BCUT2D eigenvalue weighted by atomic mass is 10.1. The lowest BCUT2D eigenvalue weighted by Crippen LogP contribution is -2.19. The van der Waals surface area contributed by atoms with Crippen LogP contribution in [0.3, 0.4) is 0 Å². The van der Waals surface area contributed by atoms with Gasteiger partial charge >= 0.3 is 0 Å². The Balaban J connectivity index is 3.87. The molecule has 0 saturated heterocycles. The van der Waals surface area contributed by atoms with Gasteiger partial charge in [0.15, 0.2) is 0 Å². The summed E-state index contributed by atoms with van der Waals surface area (Å²) in [6.45, 7) is 5.11. The van der Waals surface area contributed by atoms with Crippen molar-refractivity contribution in [2.75, 3.05) is 0 Å². The van der Waals surface area contributed by atoms with E-state index in [-0.39, 0.29) is 0 Å². The summed E-state index contributed by atoms with van der Waals surface area (Å²) in [7, 11) is 0. The van der Waals surface area contributed by atoms with E-state index in [2.05, 4.69) is 30.3 Å². The molecule has 3 nitrogen and oxygen atoms in total. The summed E-state index contributed by atoms with van der Waals surface area (Å²) in [6.07, 6.45) is 7.97. The fourth-order valence-corrected chi connectivity index (χ4v) is 1.34. The number of aliphatic hydroxyl groups excluding tert-OH is 3.